The summed E-state index contributed by atoms with van der Waals surface area (Å²) in [5, 5.41) is 8.26. The van der Waals surface area contributed by atoms with Crippen LogP contribution < -0.4 is 5.73 Å². The highest BCUT2D eigenvalue weighted by Crippen LogP contribution is 2.20. The first-order valence-electron chi connectivity index (χ1n) is 5.72. The minimum atomic E-state index is 0.317. The Kier molecular flexibility index (Phi) is 4.41. The second kappa shape index (κ2) is 5.39. The van der Waals surface area contributed by atoms with Crippen molar-refractivity contribution in [2.75, 3.05) is 0 Å². The maximum Gasteiger partial charge on any atom is 0.143 e. The Morgan fingerprint density at radius 3 is 2.50 bits per heavy atom. The van der Waals surface area contributed by atoms with E-state index in [1.807, 2.05) is 4.68 Å². The molecule has 1 rings (SSSR count). The zero-order chi connectivity index (χ0) is 12.3. The SMILES string of the molecule is CCCc1c(C(N)=S)nnn1C(C)C(C)C. The third-order valence-corrected chi connectivity index (χ3v) is 3.06. The number of aromatic nitrogens is 3. The predicted octanol–water partition coefficient (Wildman–Crippen LogP) is 2.08. The van der Waals surface area contributed by atoms with Crippen LogP contribution in [-0.4, -0.2) is 20.0 Å². The standard InChI is InChI=1S/C11H20N4S/c1-5-6-9-10(11(12)16)13-14-15(9)8(4)7(2)3/h7-8H,5-6H2,1-4H3,(H2,12,16). The van der Waals surface area contributed by atoms with Crippen LogP contribution in [-0.2, 0) is 6.42 Å². The van der Waals surface area contributed by atoms with Gasteiger partial charge in [0.1, 0.15) is 10.7 Å². The molecule has 0 aliphatic rings. The van der Waals surface area contributed by atoms with Gasteiger partial charge in [0.25, 0.3) is 0 Å². The molecule has 16 heavy (non-hydrogen) atoms. The summed E-state index contributed by atoms with van der Waals surface area (Å²) < 4.78 is 1.96. The van der Waals surface area contributed by atoms with Crippen molar-refractivity contribution in [2.45, 2.75) is 46.6 Å². The van der Waals surface area contributed by atoms with Gasteiger partial charge in [-0.15, -0.1) is 5.10 Å². The van der Waals surface area contributed by atoms with E-state index >= 15 is 0 Å². The van der Waals surface area contributed by atoms with E-state index in [9.17, 15) is 0 Å². The molecule has 0 aliphatic heterocycles. The van der Waals surface area contributed by atoms with Crippen LogP contribution in [0.15, 0.2) is 0 Å². The third-order valence-electron chi connectivity index (χ3n) is 2.86. The van der Waals surface area contributed by atoms with E-state index in [-0.39, 0.29) is 0 Å². The third kappa shape index (κ3) is 2.58. The van der Waals surface area contributed by atoms with Gasteiger partial charge in [0.05, 0.1) is 11.7 Å². The van der Waals surface area contributed by atoms with Crippen molar-refractivity contribution in [1.82, 2.24) is 15.0 Å². The molecule has 0 saturated heterocycles. The van der Waals surface area contributed by atoms with E-state index in [0.717, 1.165) is 18.5 Å². The van der Waals surface area contributed by atoms with Crippen molar-refractivity contribution in [3.63, 3.8) is 0 Å². The van der Waals surface area contributed by atoms with Crippen molar-refractivity contribution in [2.24, 2.45) is 11.7 Å². The molecule has 5 heteroatoms. The number of nitrogens with two attached hydrogens (primary N) is 1. The molecule has 0 spiro atoms. The maximum atomic E-state index is 5.65. The van der Waals surface area contributed by atoms with Crippen LogP contribution in [0.25, 0.3) is 0 Å². The molecule has 90 valence electrons. The zero-order valence-corrected chi connectivity index (χ0v) is 11.2. The van der Waals surface area contributed by atoms with E-state index in [2.05, 4.69) is 38.0 Å². The first kappa shape index (κ1) is 13.1. The number of hydrogen-bond acceptors (Lipinski definition) is 3. The van der Waals surface area contributed by atoms with Gasteiger partial charge in [0.2, 0.25) is 0 Å². The molecule has 1 aromatic rings. The van der Waals surface area contributed by atoms with Gasteiger partial charge < -0.3 is 5.73 Å². The van der Waals surface area contributed by atoms with Crippen LogP contribution in [0.4, 0.5) is 0 Å². The van der Waals surface area contributed by atoms with Gasteiger partial charge in [-0.3, -0.25) is 0 Å². The molecule has 4 nitrogen and oxygen atoms in total. The summed E-state index contributed by atoms with van der Waals surface area (Å²) in [5.74, 6) is 0.511. The summed E-state index contributed by atoms with van der Waals surface area (Å²) in [4.78, 5) is 0.339. The van der Waals surface area contributed by atoms with Crippen molar-refractivity contribution >= 4 is 17.2 Å². The molecule has 0 fully saturated rings. The van der Waals surface area contributed by atoms with Crippen LogP contribution in [0.2, 0.25) is 0 Å². The lowest BCUT2D eigenvalue weighted by molar-refractivity contribution is 0.357. The predicted molar refractivity (Wildman–Crippen MR) is 69.5 cm³/mol. The van der Waals surface area contributed by atoms with E-state index in [0.29, 0.717) is 22.6 Å². The Labute approximate surface area is 102 Å². The molecule has 0 saturated carbocycles. The lowest BCUT2D eigenvalue weighted by Crippen LogP contribution is -2.18. The number of hydrogen-bond donors (Lipinski definition) is 1. The first-order valence-corrected chi connectivity index (χ1v) is 6.13. The highest BCUT2D eigenvalue weighted by atomic mass is 32.1. The van der Waals surface area contributed by atoms with Crippen molar-refractivity contribution < 1.29 is 0 Å². The van der Waals surface area contributed by atoms with Crippen LogP contribution in [0.5, 0.6) is 0 Å². The average molecular weight is 240 g/mol. The van der Waals surface area contributed by atoms with Gasteiger partial charge in [-0.05, 0) is 19.3 Å². The molecule has 0 aliphatic carbocycles. The van der Waals surface area contributed by atoms with Crippen LogP contribution in [0, 0.1) is 5.92 Å². The molecular weight excluding hydrogens is 220 g/mol. The zero-order valence-electron chi connectivity index (χ0n) is 10.4. The normalized spacial score (nSPS) is 13.1. The van der Waals surface area contributed by atoms with Crippen LogP contribution >= 0.6 is 12.2 Å². The van der Waals surface area contributed by atoms with Gasteiger partial charge in [0, 0.05) is 0 Å². The number of rotatable bonds is 5. The fourth-order valence-electron chi connectivity index (χ4n) is 1.58. The number of nitrogens with zero attached hydrogens (tertiary/aromatic N) is 3. The lowest BCUT2D eigenvalue weighted by atomic mass is 10.1. The smallest absolute Gasteiger partial charge is 0.143 e. The minimum absolute atomic E-state index is 0.317. The molecule has 1 heterocycles. The molecule has 0 aromatic carbocycles. The Morgan fingerprint density at radius 2 is 2.06 bits per heavy atom. The lowest BCUT2D eigenvalue weighted by Gasteiger charge is -2.18. The molecule has 1 aromatic heterocycles. The van der Waals surface area contributed by atoms with Crippen LogP contribution in [0.3, 0.4) is 0 Å². The van der Waals surface area contributed by atoms with Crippen molar-refractivity contribution in [1.29, 1.82) is 0 Å². The summed E-state index contributed by atoms with van der Waals surface area (Å²) in [5.41, 5.74) is 7.40. The molecule has 1 unspecified atom stereocenters. The highest BCUT2D eigenvalue weighted by Gasteiger charge is 2.19. The summed E-state index contributed by atoms with van der Waals surface area (Å²) >= 11 is 4.99. The molecule has 0 amide bonds. The van der Waals surface area contributed by atoms with Crippen molar-refractivity contribution in [3.8, 4) is 0 Å². The Hall–Kier alpha value is -0.970. The summed E-state index contributed by atoms with van der Waals surface area (Å²) in [6.07, 6.45) is 1.95. The van der Waals surface area contributed by atoms with E-state index in [1.165, 1.54) is 0 Å². The molecular formula is C11H20N4S. The van der Waals surface area contributed by atoms with Gasteiger partial charge in [0.15, 0.2) is 0 Å². The minimum Gasteiger partial charge on any atom is -0.388 e. The fraction of sp³-hybridized carbons (Fsp3) is 0.727. The second-order valence-corrected chi connectivity index (χ2v) is 4.87. The Bertz CT molecular complexity index is 370. The molecule has 0 radical (unpaired) electrons. The fourth-order valence-corrected chi connectivity index (χ4v) is 1.74. The summed E-state index contributed by atoms with van der Waals surface area (Å²) in [6.45, 7) is 8.60. The molecule has 0 bridgehead atoms. The first-order chi connectivity index (χ1) is 7.49. The van der Waals surface area contributed by atoms with E-state index in [4.69, 9.17) is 18.0 Å². The van der Waals surface area contributed by atoms with E-state index in [1.54, 1.807) is 0 Å². The number of thiocarbonyl (C=S) groups is 1. The van der Waals surface area contributed by atoms with Gasteiger partial charge >= 0.3 is 0 Å². The molecule has 1 atom stereocenters. The largest absolute Gasteiger partial charge is 0.388 e. The second-order valence-electron chi connectivity index (χ2n) is 4.43. The summed E-state index contributed by atoms with van der Waals surface area (Å²) in [6, 6.07) is 0.317. The van der Waals surface area contributed by atoms with Gasteiger partial charge in [-0.25, -0.2) is 4.68 Å². The Morgan fingerprint density at radius 1 is 1.44 bits per heavy atom. The topological polar surface area (TPSA) is 56.7 Å². The monoisotopic (exact) mass is 240 g/mol. The maximum absolute atomic E-state index is 5.65. The van der Waals surface area contributed by atoms with Gasteiger partial charge in [-0.1, -0.05) is 44.6 Å². The van der Waals surface area contributed by atoms with Crippen LogP contribution in [0.1, 0.15) is 51.5 Å². The molecule has 2 N–H and O–H groups in total. The van der Waals surface area contributed by atoms with E-state index < -0.39 is 0 Å². The quantitative estimate of drug-likeness (QED) is 0.801. The highest BCUT2D eigenvalue weighted by molar-refractivity contribution is 7.80. The Balaban J connectivity index is 3.14. The van der Waals surface area contributed by atoms with Gasteiger partial charge in [-0.2, -0.15) is 0 Å². The summed E-state index contributed by atoms with van der Waals surface area (Å²) in [7, 11) is 0. The van der Waals surface area contributed by atoms with Crippen molar-refractivity contribution in [3.05, 3.63) is 11.4 Å². The average Bonchev–Trinajstić information content (AvgIpc) is 2.61.